The van der Waals surface area contributed by atoms with E-state index in [1.807, 2.05) is 6.92 Å². The highest BCUT2D eigenvalue weighted by Gasteiger charge is 2.47. The summed E-state index contributed by atoms with van der Waals surface area (Å²) in [7, 11) is 0. The van der Waals surface area contributed by atoms with E-state index in [0.717, 1.165) is 23.8 Å². The third-order valence-corrected chi connectivity index (χ3v) is 5.32. The Kier molecular flexibility index (Phi) is 6.10. The monoisotopic (exact) mass is 352 g/mol. The molecule has 132 valence electrons. The SMILES string of the molecule is CC1CCC1(C)C(=O)OCCCCCC(=O)n1c(=O)cc[nH]c1=S. The minimum absolute atomic E-state index is 0.112. The van der Waals surface area contributed by atoms with E-state index < -0.39 is 5.56 Å². The Bertz CT molecular complexity index is 696. The summed E-state index contributed by atoms with van der Waals surface area (Å²) in [5.74, 6) is -0.0368. The maximum Gasteiger partial charge on any atom is 0.312 e. The summed E-state index contributed by atoms with van der Waals surface area (Å²) in [6.07, 6.45) is 5.72. The van der Waals surface area contributed by atoms with Crippen LogP contribution in [0.15, 0.2) is 17.1 Å². The Morgan fingerprint density at radius 2 is 2.17 bits per heavy atom. The van der Waals surface area contributed by atoms with Gasteiger partial charge in [-0.3, -0.25) is 14.4 Å². The Morgan fingerprint density at radius 1 is 1.42 bits per heavy atom. The molecule has 1 saturated carbocycles. The zero-order valence-electron chi connectivity index (χ0n) is 14.2. The molecule has 1 aromatic rings. The molecule has 7 heteroatoms. The predicted molar refractivity (Wildman–Crippen MR) is 92.4 cm³/mol. The van der Waals surface area contributed by atoms with Crippen molar-refractivity contribution in [3.05, 3.63) is 27.4 Å². The van der Waals surface area contributed by atoms with E-state index in [0.29, 0.717) is 25.4 Å². The number of hydrogen-bond acceptors (Lipinski definition) is 5. The van der Waals surface area contributed by atoms with Crippen molar-refractivity contribution >= 4 is 24.1 Å². The lowest BCUT2D eigenvalue weighted by atomic mass is 9.62. The highest BCUT2D eigenvalue weighted by Crippen LogP contribution is 2.46. The van der Waals surface area contributed by atoms with Crippen molar-refractivity contribution in [2.45, 2.75) is 52.4 Å². The first-order valence-corrected chi connectivity index (χ1v) is 8.78. The second-order valence-corrected chi connectivity index (χ2v) is 7.04. The summed E-state index contributed by atoms with van der Waals surface area (Å²) in [4.78, 5) is 38.4. The summed E-state index contributed by atoms with van der Waals surface area (Å²) < 4.78 is 6.44. The zero-order chi connectivity index (χ0) is 17.7. The molecule has 24 heavy (non-hydrogen) atoms. The molecule has 0 aromatic carbocycles. The number of H-pyrrole nitrogens is 1. The summed E-state index contributed by atoms with van der Waals surface area (Å²) in [6.45, 7) is 4.41. The molecular weight excluding hydrogens is 328 g/mol. The van der Waals surface area contributed by atoms with Gasteiger partial charge in [-0.2, -0.15) is 0 Å². The van der Waals surface area contributed by atoms with Gasteiger partial charge in [0.05, 0.1) is 12.0 Å². The van der Waals surface area contributed by atoms with E-state index in [4.69, 9.17) is 17.0 Å². The fraction of sp³-hybridized carbons (Fsp3) is 0.647. The number of ether oxygens (including phenoxy) is 1. The van der Waals surface area contributed by atoms with Crippen molar-refractivity contribution < 1.29 is 14.3 Å². The lowest BCUT2D eigenvalue weighted by Gasteiger charge is -2.42. The van der Waals surface area contributed by atoms with Crippen molar-refractivity contribution in [1.29, 1.82) is 0 Å². The third kappa shape index (κ3) is 4.01. The zero-order valence-corrected chi connectivity index (χ0v) is 15.0. The van der Waals surface area contributed by atoms with Gasteiger partial charge in [0.1, 0.15) is 0 Å². The quantitative estimate of drug-likeness (QED) is 0.463. The van der Waals surface area contributed by atoms with Crippen LogP contribution in [-0.4, -0.2) is 28.0 Å². The maximum atomic E-state index is 12.0. The number of nitrogens with zero attached hydrogens (tertiary/aromatic N) is 1. The fourth-order valence-corrected chi connectivity index (χ4v) is 3.09. The van der Waals surface area contributed by atoms with Gasteiger partial charge in [-0.25, -0.2) is 4.57 Å². The number of aromatic nitrogens is 2. The number of aromatic amines is 1. The smallest absolute Gasteiger partial charge is 0.312 e. The van der Waals surface area contributed by atoms with Crippen LogP contribution in [0.25, 0.3) is 0 Å². The number of nitrogens with one attached hydrogen (secondary N) is 1. The van der Waals surface area contributed by atoms with Crippen LogP contribution in [0.1, 0.15) is 57.2 Å². The summed E-state index contributed by atoms with van der Waals surface area (Å²) >= 11 is 4.96. The van der Waals surface area contributed by atoms with Crippen LogP contribution < -0.4 is 5.56 Å². The Labute approximate surface area is 146 Å². The number of carbonyl (C=O) groups excluding carboxylic acids is 2. The number of unbranched alkanes of at least 4 members (excludes halogenated alkanes) is 2. The molecule has 1 aliphatic rings. The minimum atomic E-state index is -0.416. The van der Waals surface area contributed by atoms with Crippen LogP contribution >= 0.6 is 12.2 Å². The van der Waals surface area contributed by atoms with Gasteiger partial charge in [0.15, 0.2) is 4.77 Å². The average molecular weight is 352 g/mol. The third-order valence-electron chi connectivity index (χ3n) is 5.02. The summed E-state index contributed by atoms with van der Waals surface area (Å²) in [6, 6.07) is 1.27. The van der Waals surface area contributed by atoms with E-state index in [2.05, 4.69) is 11.9 Å². The van der Waals surface area contributed by atoms with Gasteiger partial charge in [0.2, 0.25) is 5.91 Å². The molecule has 0 bridgehead atoms. The molecule has 6 nitrogen and oxygen atoms in total. The van der Waals surface area contributed by atoms with Crippen molar-refractivity contribution in [3.63, 3.8) is 0 Å². The van der Waals surface area contributed by atoms with Gasteiger partial charge in [-0.05, 0) is 57.2 Å². The first-order chi connectivity index (χ1) is 11.4. The minimum Gasteiger partial charge on any atom is -0.465 e. The first-order valence-electron chi connectivity index (χ1n) is 8.37. The van der Waals surface area contributed by atoms with Crippen LogP contribution in [0.3, 0.4) is 0 Å². The molecule has 0 spiro atoms. The molecule has 1 N–H and O–H groups in total. The largest absolute Gasteiger partial charge is 0.465 e. The molecule has 1 aromatic heterocycles. The number of rotatable bonds is 7. The van der Waals surface area contributed by atoms with Gasteiger partial charge in [-0.1, -0.05) is 6.92 Å². The molecular formula is C17H24N2O4S. The topological polar surface area (TPSA) is 81.2 Å². The van der Waals surface area contributed by atoms with E-state index in [-0.39, 0.29) is 28.5 Å². The van der Waals surface area contributed by atoms with Crippen molar-refractivity contribution in [1.82, 2.24) is 9.55 Å². The number of hydrogen-bond donors (Lipinski definition) is 1. The van der Waals surface area contributed by atoms with Gasteiger partial charge in [0.25, 0.3) is 5.56 Å². The molecule has 0 aliphatic heterocycles. The molecule has 1 aliphatic carbocycles. The maximum absolute atomic E-state index is 12.0. The molecule has 0 saturated heterocycles. The Balaban J connectivity index is 1.67. The van der Waals surface area contributed by atoms with Crippen LogP contribution in [0.2, 0.25) is 0 Å². The second kappa shape index (κ2) is 7.88. The van der Waals surface area contributed by atoms with E-state index in [1.54, 1.807) is 0 Å². The second-order valence-electron chi connectivity index (χ2n) is 6.65. The lowest BCUT2D eigenvalue weighted by Crippen LogP contribution is -2.43. The van der Waals surface area contributed by atoms with Crippen LogP contribution in [0.5, 0.6) is 0 Å². The Hall–Kier alpha value is -1.76. The van der Waals surface area contributed by atoms with E-state index in [1.165, 1.54) is 12.3 Å². The summed E-state index contributed by atoms with van der Waals surface area (Å²) in [5, 5.41) is 0. The van der Waals surface area contributed by atoms with Crippen LogP contribution in [0.4, 0.5) is 0 Å². The van der Waals surface area contributed by atoms with Gasteiger partial charge in [0, 0.05) is 18.7 Å². The fourth-order valence-electron chi connectivity index (χ4n) is 2.83. The van der Waals surface area contributed by atoms with E-state index in [9.17, 15) is 14.4 Å². The van der Waals surface area contributed by atoms with Gasteiger partial charge in [-0.15, -0.1) is 0 Å². The molecule has 0 amide bonds. The molecule has 2 atom stereocenters. The average Bonchev–Trinajstić information content (AvgIpc) is 2.55. The van der Waals surface area contributed by atoms with Crippen molar-refractivity contribution in [2.75, 3.05) is 6.61 Å². The molecule has 0 radical (unpaired) electrons. The lowest BCUT2D eigenvalue weighted by molar-refractivity contribution is -0.165. The molecule has 2 rings (SSSR count). The molecule has 2 unspecified atom stereocenters. The van der Waals surface area contributed by atoms with Crippen molar-refractivity contribution in [3.8, 4) is 0 Å². The highest BCUT2D eigenvalue weighted by molar-refractivity contribution is 7.71. The van der Waals surface area contributed by atoms with E-state index >= 15 is 0 Å². The van der Waals surface area contributed by atoms with Crippen LogP contribution in [-0.2, 0) is 9.53 Å². The number of carbonyl (C=O) groups is 2. The molecule has 1 fully saturated rings. The predicted octanol–water partition coefficient (Wildman–Crippen LogP) is 3.09. The normalized spacial score (nSPS) is 22.7. The highest BCUT2D eigenvalue weighted by atomic mass is 32.1. The standard InChI is InChI=1S/C17H24N2O4S/c1-12-7-9-17(12,2)15(22)23-11-5-3-4-6-13(20)19-14(21)8-10-18-16(19)24/h8,10,12H,3-7,9,11H2,1-2H3,(H,18,24). The van der Waals surface area contributed by atoms with Crippen LogP contribution in [0, 0.1) is 16.1 Å². The van der Waals surface area contributed by atoms with Gasteiger partial charge < -0.3 is 9.72 Å². The Morgan fingerprint density at radius 3 is 2.75 bits per heavy atom. The first kappa shape index (κ1) is 18.6. The summed E-state index contributed by atoms with van der Waals surface area (Å²) in [5.41, 5.74) is -0.735. The van der Waals surface area contributed by atoms with Gasteiger partial charge >= 0.3 is 5.97 Å². The molecule has 1 heterocycles. The number of esters is 1. The van der Waals surface area contributed by atoms with Crippen molar-refractivity contribution in [2.24, 2.45) is 11.3 Å².